The third-order valence-corrected chi connectivity index (χ3v) is 4.63. The van der Waals surface area contributed by atoms with Crippen molar-refractivity contribution in [3.05, 3.63) is 46.8 Å². The van der Waals surface area contributed by atoms with Gasteiger partial charge in [0.2, 0.25) is 0 Å². The number of aromatic amines is 1. The van der Waals surface area contributed by atoms with Crippen LogP contribution in [0.3, 0.4) is 0 Å². The van der Waals surface area contributed by atoms with Crippen LogP contribution >= 0.6 is 0 Å². The number of aromatic nitrogens is 5. The van der Waals surface area contributed by atoms with Crippen molar-refractivity contribution in [1.82, 2.24) is 29.6 Å². The molecule has 0 radical (unpaired) electrons. The molecule has 1 fully saturated rings. The molecule has 25 heavy (non-hydrogen) atoms. The molecular formula is C17H21N7O. The Labute approximate surface area is 144 Å². The van der Waals surface area contributed by atoms with Crippen molar-refractivity contribution in [1.29, 1.82) is 0 Å². The monoisotopic (exact) mass is 339 g/mol. The summed E-state index contributed by atoms with van der Waals surface area (Å²) in [5.74, 6) is 2.17. The van der Waals surface area contributed by atoms with Gasteiger partial charge in [0.15, 0.2) is 5.65 Å². The molecule has 0 amide bonds. The zero-order chi connectivity index (χ0) is 17.2. The molecule has 4 rings (SSSR count). The second-order valence-electron chi connectivity index (χ2n) is 6.50. The summed E-state index contributed by atoms with van der Waals surface area (Å²) < 4.78 is 1.64. The molecule has 4 heterocycles. The molecule has 3 aromatic rings. The first-order valence-electron chi connectivity index (χ1n) is 8.47. The van der Waals surface area contributed by atoms with Gasteiger partial charge in [-0.25, -0.2) is 9.97 Å². The van der Waals surface area contributed by atoms with Gasteiger partial charge < -0.3 is 10.3 Å². The average Bonchev–Trinajstić information content (AvgIpc) is 3.22. The minimum absolute atomic E-state index is 0.124. The molecule has 1 aliphatic rings. The largest absolute Gasteiger partial charge is 0.370 e. The molecule has 0 bridgehead atoms. The number of rotatable bonds is 5. The lowest BCUT2D eigenvalue weighted by atomic mass is 10.1. The summed E-state index contributed by atoms with van der Waals surface area (Å²) in [6, 6.07) is 5.87. The second-order valence-corrected chi connectivity index (χ2v) is 6.50. The standard InChI is InChI=1S/C17H21N7O/c1-23-16-13(9-20-23)17(25)22-15(21-16)11-24-7-5-12(10-24)8-19-14-4-2-3-6-18-14/h2-4,6,9,12H,5,7-8,10-11H2,1H3,(H,18,19)(H,21,22,25). The summed E-state index contributed by atoms with van der Waals surface area (Å²) >= 11 is 0. The number of fused-ring (bicyclic) bond motifs is 1. The Bertz CT molecular complexity index is 918. The first-order valence-corrected chi connectivity index (χ1v) is 8.47. The van der Waals surface area contributed by atoms with E-state index in [2.05, 4.69) is 30.3 Å². The Morgan fingerprint density at radius 3 is 3.16 bits per heavy atom. The van der Waals surface area contributed by atoms with Crippen molar-refractivity contribution in [2.45, 2.75) is 13.0 Å². The summed E-state index contributed by atoms with van der Waals surface area (Å²) in [5, 5.41) is 8.02. The maximum Gasteiger partial charge on any atom is 0.262 e. The quantitative estimate of drug-likeness (QED) is 0.720. The Morgan fingerprint density at radius 2 is 2.32 bits per heavy atom. The van der Waals surface area contributed by atoms with Crippen LogP contribution in [0.15, 0.2) is 35.4 Å². The third-order valence-electron chi connectivity index (χ3n) is 4.63. The van der Waals surface area contributed by atoms with Crippen LogP contribution in [0.5, 0.6) is 0 Å². The molecule has 1 atom stereocenters. The fourth-order valence-electron chi connectivity index (χ4n) is 3.30. The van der Waals surface area contributed by atoms with Gasteiger partial charge in [0.05, 0.1) is 12.7 Å². The number of hydrogen-bond donors (Lipinski definition) is 2. The van der Waals surface area contributed by atoms with E-state index in [4.69, 9.17) is 0 Å². The summed E-state index contributed by atoms with van der Waals surface area (Å²) in [4.78, 5) is 26.2. The normalized spacial score (nSPS) is 18.0. The fourth-order valence-corrected chi connectivity index (χ4v) is 3.30. The predicted molar refractivity (Wildman–Crippen MR) is 95.2 cm³/mol. The summed E-state index contributed by atoms with van der Waals surface area (Å²) in [7, 11) is 1.80. The lowest BCUT2D eigenvalue weighted by molar-refractivity contribution is 0.310. The predicted octanol–water partition coefficient (Wildman–Crippen LogP) is 0.986. The number of likely N-dealkylation sites (tertiary alicyclic amines) is 1. The minimum Gasteiger partial charge on any atom is -0.370 e. The van der Waals surface area contributed by atoms with Crippen LogP contribution in [0.4, 0.5) is 5.82 Å². The highest BCUT2D eigenvalue weighted by molar-refractivity contribution is 5.72. The van der Waals surface area contributed by atoms with Crippen molar-refractivity contribution in [2.75, 3.05) is 25.0 Å². The van der Waals surface area contributed by atoms with Crippen molar-refractivity contribution in [3.8, 4) is 0 Å². The topological polar surface area (TPSA) is 91.7 Å². The van der Waals surface area contributed by atoms with Crippen LogP contribution < -0.4 is 10.9 Å². The maximum atomic E-state index is 12.1. The van der Waals surface area contributed by atoms with E-state index in [1.165, 1.54) is 0 Å². The maximum absolute atomic E-state index is 12.1. The molecule has 0 aromatic carbocycles. The van der Waals surface area contributed by atoms with E-state index in [9.17, 15) is 4.79 Å². The van der Waals surface area contributed by atoms with E-state index in [-0.39, 0.29) is 5.56 Å². The van der Waals surface area contributed by atoms with Crippen LogP contribution in [0, 0.1) is 5.92 Å². The zero-order valence-corrected chi connectivity index (χ0v) is 14.1. The van der Waals surface area contributed by atoms with Crippen molar-refractivity contribution in [3.63, 3.8) is 0 Å². The zero-order valence-electron chi connectivity index (χ0n) is 14.1. The summed E-state index contributed by atoms with van der Waals surface area (Å²) in [6.07, 6.45) is 4.47. The van der Waals surface area contributed by atoms with E-state index in [0.717, 1.165) is 31.9 Å². The molecule has 130 valence electrons. The van der Waals surface area contributed by atoms with Gasteiger partial charge in [0.1, 0.15) is 17.0 Å². The van der Waals surface area contributed by atoms with Gasteiger partial charge in [-0.05, 0) is 31.0 Å². The summed E-state index contributed by atoms with van der Waals surface area (Å²) in [6.45, 7) is 3.53. The van der Waals surface area contributed by atoms with Crippen molar-refractivity contribution in [2.24, 2.45) is 13.0 Å². The number of pyridine rings is 1. The minimum atomic E-state index is -0.124. The number of anilines is 1. The van der Waals surface area contributed by atoms with Gasteiger partial charge in [-0.2, -0.15) is 5.10 Å². The SMILES string of the molecule is Cn1ncc2c(=O)[nH]c(CN3CCC(CNc4ccccn4)C3)nc21. The Hall–Kier alpha value is -2.74. The average molecular weight is 339 g/mol. The third kappa shape index (κ3) is 3.39. The van der Waals surface area contributed by atoms with Gasteiger partial charge >= 0.3 is 0 Å². The number of hydrogen-bond acceptors (Lipinski definition) is 6. The van der Waals surface area contributed by atoms with E-state index < -0.39 is 0 Å². The van der Waals surface area contributed by atoms with Gasteiger partial charge in [0.25, 0.3) is 5.56 Å². The summed E-state index contributed by atoms with van der Waals surface area (Å²) in [5.41, 5.74) is 0.506. The number of nitrogens with zero attached hydrogens (tertiary/aromatic N) is 5. The molecule has 8 heteroatoms. The van der Waals surface area contributed by atoms with Crippen LogP contribution in [0.2, 0.25) is 0 Å². The van der Waals surface area contributed by atoms with Crippen LogP contribution in [0.1, 0.15) is 12.2 Å². The molecule has 0 spiro atoms. The van der Waals surface area contributed by atoms with Crippen molar-refractivity contribution < 1.29 is 0 Å². The number of H-pyrrole nitrogens is 1. The molecule has 0 aliphatic carbocycles. The van der Waals surface area contributed by atoms with Gasteiger partial charge in [-0.15, -0.1) is 0 Å². The smallest absolute Gasteiger partial charge is 0.262 e. The van der Waals surface area contributed by atoms with Crippen molar-refractivity contribution >= 4 is 16.9 Å². The highest BCUT2D eigenvalue weighted by atomic mass is 16.1. The molecule has 1 saturated heterocycles. The van der Waals surface area contributed by atoms with Gasteiger partial charge in [0, 0.05) is 26.3 Å². The molecule has 3 aromatic heterocycles. The lowest BCUT2D eigenvalue weighted by Gasteiger charge is -2.16. The first-order chi connectivity index (χ1) is 12.2. The first kappa shape index (κ1) is 15.8. The molecule has 0 saturated carbocycles. The molecule has 2 N–H and O–H groups in total. The molecule has 1 unspecified atom stereocenters. The van der Waals surface area contributed by atoms with Crippen LogP contribution in [-0.4, -0.2) is 49.3 Å². The van der Waals surface area contributed by atoms with Gasteiger partial charge in [-0.3, -0.25) is 14.4 Å². The highest BCUT2D eigenvalue weighted by Crippen LogP contribution is 2.18. The number of aryl methyl sites for hydroxylation is 1. The fraction of sp³-hybridized carbons (Fsp3) is 0.412. The van der Waals surface area contributed by atoms with E-state index in [1.54, 1.807) is 24.1 Å². The molecular weight excluding hydrogens is 318 g/mol. The molecule has 8 nitrogen and oxygen atoms in total. The van der Waals surface area contributed by atoms with E-state index in [1.807, 2.05) is 18.2 Å². The van der Waals surface area contributed by atoms with Crippen LogP contribution in [0.25, 0.3) is 11.0 Å². The van der Waals surface area contributed by atoms with E-state index >= 15 is 0 Å². The van der Waals surface area contributed by atoms with E-state index in [0.29, 0.717) is 29.3 Å². The van der Waals surface area contributed by atoms with Crippen LogP contribution in [-0.2, 0) is 13.6 Å². The highest BCUT2D eigenvalue weighted by Gasteiger charge is 2.23. The Morgan fingerprint density at radius 1 is 1.40 bits per heavy atom. The second kappa shape index (κ2) is 6.64. The van der Waals surface area contributed by atoms with Gasteiger partial charge in [-0.1, -0.05) is 6.07 Å². The Kier molecular flexibility index (Phi) is 4.19. The lowest BCUT2D eigenvalue weighted by Crippen LogP contribution is -2.25. The molecule has 1 aliphatic heterocycles. The Balaban J connectivity index is 1.38. The number of nitrogens with one attached hydrogen (secondary N) is 2.